The van der Waals surface area contributed by atoms with Crippen LogP contribution in [0, 0.1) is 0 Å². The molecule has 0 saturated carbocycles. The van der Waals surface area contributed by atoms with E-state index in [1.807, 2.05) is 35.2 Å². The van der Waals surface area contributed by atoms with E-state index in [1.165, 1.54) is 34.7 Å². The lowest BCUT2D eigenvalue weighted by Gasteiger charge is -2.29. The number of para-hydroxylation sites is 1. The molecule has 3 heterocycles. The molecule has 0 spiro atoms. The predicted molar refractivity (Wildman–Crippen MR) is 128 cm³/mol. The molecule has 0 unspecified atom stereocenters. The van der Waals surface area contributed by atoms with Crippen LogP contribution >= 0.6 is 23.1 Å². The van der Waals surface area contributed by atoms with E-state index in [2.05, 4.69) is 21.6 Å². The van der Waals surface area contributed by atoms with Crippen molar-refractivity contribution in [1.29, 1.82) is 0 Å². The number of fused-ring (bicyclic) bond motifs is 2. The second-order valence-corrected chi connectivity index (χ2v) is 9.57. The maximum atomic E-state index is 12.8. The number of carbonyl (C=O) groups is 2. The zero-order chi connectivity index (χ0) is 22.6. The van der Waals surface area contributed by atoms with Gasteiger partial charge in [0.25, 0.3) is 0 Å². The Hall–Kier alpha value is -3.37. The zero-order valence-electron chi connectivity index (χ0n) is 17.5. The molecule has 0 bridgehead atoms. The van der Waals surface area contributed by atoms with Gasteiger partial charge in [0.2, 0.25) is 23.7 Å². The molecule has 2 aliphatic heterocycles. The number of hydrogen-bond donors (Lipinski definition) is 1. The van der Waals surface area contributed by atoms with E-state index in [1.54, 1.807) is 12.1 Å². The molecular formula is C23H20N4O4S2. The lowest BCUT2D eigenvalue weighted by Crippen LogP contribution is -2.36. The van der Waals surface area contributed by atoms with Crippen molar-refractivity contribution >= 4 is 51.8 Å². The maximum Gasteiger partial charge on any atom is 0.250 e. The molecule has 0 saturated heterocycles. The maximum absolute atomic E-state index is 12.8. The van der Waals surface area contributed by atoms with E-state index in [0.717, 1.165) is 30.6 Å². The summed E-state index contributed by atoms with van der Waals surface area (Å²) in [7, 11) is 0. The first-order chi connectivity index (χ1) is 16.2. The van der Waals surface area contributed by atoms with Crippen LogP contribution in [-0.2, 0) is 16.0 Å². The fraction of sp³-hybridized carbons (Fsp3) is 0.217. The molecule has 1 N–H and O–H groups in total. The molecule has 0 aliphatic carbocycles. The van der Waals surface area contributed by atoms with Gasteiger partial charge in [0.1, 0.15) is 0 Å². The number of ether oxygens (including phenoxy) is 2. The summed E-state index contributed by atoms with van der Waals surface area (Å²) in [5.41, 5.74) is 3.02. The minimum atomic E-state index is -0.318. The van der Waals surface area contributed by atoms with E-state index < -0.39 is 0 Å². The first-order valence-electron chi connectivity index (χ1n) is 10.4. The summed E-state index contributed by atoms with van der Waals surface area (Å²) >= 11 is 2.57. The van der Waals surface area contributed by atoms with Crippen molar-refractivity contribution in [3.63, 3.8) is 0 Å². The number of anilines is 2. The van der Waals surface area contributed by atoms with Crippen LogP contribution in [0.15, 0.2) is 52.9 Å². The summed E-state index contributed by atoms with van der Waals surface area (Å²) in [6, 6.07) is 13.5. The highest BCUT2D eigenvalue weighted by atomic mass is 32.2. The number of amides is 2. The Morgan fingerprint density at radius 1 is 1.15 bits per heavy atom. The third-order valence-corrected chi connectivity index (χ3v) is 7.15. The van der Waals surface area contributed by atoms with Gasteiger partial charge in [-0.15, -0.1) is 10.2 Å². The topological polar surface area (TPSA) is 93.6 Å². The minimum absolute atomic E-state index is 0.0413. The number of aryl methyl sites for hydroxylation is 1. The van der Waals surface area contributed by atoms with Gasteiger partial charge >= 0.3 is 0 Å². The number of nitrogens with one attached hydrogen (secondary N) is 1. The molecule has 2 aliphatic rings. The number of hydrogen-bond acceptors (Lipinski definition) is 8. The third kappa shape index (κ3) is 5.01. The van der Waals surface area contributed by atoms with Crippen molar-refractivity contribution in [3.8, 4) is 11.5 Å². The smallest absolute Gasteiger partial charge is 0.250 e. The summed E-state index contributed by atoms with van der Waals surface area (Å²) in [5.74, 6) is 1.34. The molecular weight excluding hydrogens is 460 g/mol. The van der Waals surface area contributed by atoms with Crippen molar-refractivity contribution in [1.82, 2.24) is 10.2 Å². The largest absolute Gasteiger partial charge is 0.454 e. The monoisotopic (exact) mass is 480 g/mol. The highest BCUT2D eigenvalue weighted by Gasteiger charge is 2.22. The van der Waals surface area contributed by atoms with Gasteiger partial charge in [0, 0.05) is 18.3 Å². The molecule has 168 valence electrons. The number of aromatic nitrogens is 2. The fourth-order valence-corrected chi connectivity index (χ4v) is 5.28. The molecule has 0 fully saturated rings. The lowest BCUT2D eigenvalue weighted by atomic mass is 10.0. The summed E-state index contributed by atoms with van der Waals surface area (Å²) in [4.78, 5) is 26.9. The van der Waals surface area contributed by atoms with Crippen LogP contribution < -0.4 is 19.7 Å². The van der Waals surface area contributed by atoms with Crippen molar-refractivity contribution in [2.75, 3.05) is 29.3 Å². The molecule has 8 nitrogen and oxygen atoms in total. The summed E-state index contributed by atoms with van der Waals surface area (Å²) in [5, 5.41) is 11.2. The van der Waals surface area contributed by atoms with E-state index in [-0.39, 0.29) is 24.4 Å². The second kappa shape index (κ2) is 9.63. The standard InChI is InChI=1S/C23H20N4O4S2/c28-20(10-8-15-7-9-18-19(12-15)31-14-30-18)24-22-25-26-23(33-22)32-13-21(29)27-11-3-5-16-4-1-2-6-17(16)27/h1-2,4,6-10,12H,3,5,11,13-14H2,(H,24,25,28)/b10-8-. The van der Waals surface area contributed by atoms with Crippen LogP contribution in [0.25, 0.3) is 6.08 Å². The van der Waals surface area contributed by atoms with Crippen LogP contribution in [0.3, 0.4) is 0 Å². The Bertz CT molecular complexity index is 1230. The zero-order valence-corrected chi connectivity index (χ0v) is 19.2. The number of carbonyl (C=O) groups excluding carboxylic acids is 2. The molecule has 0 radical (unpaired) electrons. The van der Waals surface area contributed by atoms with Crippen molar-refractivity contribution in [2.45, 2.75) is 17.2 Å². The van der Waals surface area contributed by atoms with E-state index in [4.69, 9.17) is 9.47 Å². The van der Waals surface area contributed by atoms with Crippen LogP contribution in [0.5, 0.6) is 11.5 Å². The van der Waals surface area contributed by atoms with E-state index in [0.29, 0.717) is 21.0 Å². The Labute approximate surface area is 198 Å². The summed E-state index contributed by atoms with van der Waals surface area (Å²) in [6.07, 6.45) is 5.06. The molecule has 3 aromatic rings. The second-order valence-electron chi connectivity index (χ2n) is 7.37. The van der Waals surface area contributed by atoms with Crippen molar-refractivity contribution < 1.29 is 19.1 Å². The highest BCUT2D eigenvalue weighted by molar-refractivity contribution is 8.01. The van der Waals surface area contributed by atoms with Crippen LogP contribution in [0.1, 0.15) is 17.5 Å². The Balaban J connectivity index is 1.14. The number of thioether (sulfide) groups is 1. The summed E-state index contributed by atoms with van der Waals surface area (Å²) in [6.45, 7) is 0.931. The molecule has 33 heavy (non-hydrogen) atoms. The first-order valence-corrected chi connectivity index (χ1v) is 12.2. The Morgan fingerprint density at radius 3 is 2.97 bits per heavy atom. The molecule has 1 aromatic heterocycles. The van der Waals surface area contributed by atoms with Gasteiger partial charge in [-0.25, -0.2) is 0 Å². The summed E-state index contributed by atoms with van der Waals surface area (Å²) < 4.78 is 11.2. The average molecular weight is 481 g/mol. The molecule has 2 aromatic carbocycles. The van der Waals surface area contributed by atoms with Crippen molar-refractivity contribution in [2.24, 2.45) is 0 Å². The highest BCUT2D eigenvalue weighted by Crippen LogP contribution is 2.33. The number of nitrogens with zero attached hydrogens (tertiary/aromatic N) is 3. The van der Waals surface area contributed by atoms with E-state index in [9.17, 15) is 9.59 Å². The lowest BCUT2D eigenvalue weighted by molar-refractivity contribution is -0.116. The van der Waals surface area contributed by atoms with Crippen LogP contribution in [0.2, 0.25) is 0 Å². The fourth-order valence-electron chi connectivity index (χ4n) is 3.65. The van der Waals surface area contributed by atoms with Crippen LogP contribution in [-0.4, -0.2) is 41.1 Å². The number of rotatable bonds is 6. The van der Waals surface area contributed by atoms with Gasteiger partial charge in [-0.3, -0.25) is 14.9 Å². The van der Waals surface area contributed by atoms with Gasteiger partial charge in [-0.2, -0.15) is 0 Å². The SMILES string of the molecule is O=C(/C=C\c1ccc2c(c1)OCO2)Nc1nnc(SCC(=O)N2CCCc3ccccc32)s1. The van der Waals surface area contributed by atoms with Gasteiger partial charge < -0.3 is 14.4 Å². The van der Waals surface area contributed by atoms with Crippen molar-refractivity contribution in [3.05, 3.63) is 59.7 Å². The third-order valence-electron chi connectivity index (χ3n) is 5.19. The Morgan fingerprint density at radius 2 is 2.03 bits per heavy atom. The van der Waals surface area contributed by atoms with Gasteiger partial charge in [-0.05, 0) is 48.2 Å². The van der Waals surface area contributed by atoms with E-state index >= 15 is 0 Å². The predicted octanol–water partition coefficient (Wildman–Crippen LogP) is 3.99. The minimum Gasteiger partial charge on any atom is -0.454 e. The average Bonchev–Trinajstić information content (AvgIpc) is 3.49. The first kappa shape index (κ1) is 21.5. The quantitative estimate of drug-likeness (QED) is 0.324. The van der Waals surface area contributed by atoms with Gasteiger partial charge in [0.15, 0.2) is 15.8 Å². The molecule has 5 rings (SSSR count). The van der Waals surface area contributed by atoms with Gasteiger partial charge in [-0.1, -0.05) is 47.4 Å². The number of benzene rings is 2. The molecule has 0 atom stereocenters. The normalized spacial score (nSPS) is 14.4. The Kier molecular flexibility index (Phi) is 6.27. The molecule has 2 amide bonds. The van der Waals surface area contributed by atoms with Crippen LogP contribution in [0.4, 0.5) is 10.8 Å². The molecule has 10 heteroatoms. The van der Waals surface area contributed by atoms with Gasteiger partial charge in [0.05, 0.1) is 5.75 Å².